The van der Waals surface area contributed by atoms with Gasteiger partial charge in [-0.25, -0.2) is 9.97 Å². The van der Waals surface area contributed by atoms with Gasteiger partial charge < -0.3 is 14.5 Å². The number of imidazole rings is 1. The van der Waals surface area contributed by atoms with Gasteiger partial charge in [0.05, 0.1) is 35.8 Å². The fourth-order valence-electron chi connectivity index (χ4n) is 3.82. The Morgan fingerprint density at radius 2 is 1.65 bits per heavy atom. The second-order valence-corrected chi connectivity index (χ2v) is 7.98. The maximum Gasteiger partial charge on any atom is 0.573 e. The summed E-state index contributed by atoms with van der Waals surface area (Å²) >= 11 is 0. The van der Waals surface area contributed by atoms with Crippen molar-refractivity contribution in [3.63, 3.8) is 0 Å². The first-order chi connectivity index (χ1) is 17.8. The molecule has 10 heteroatoms. The van der Waals surface area contributed by atoms with Gasteiger partial charge in [0, 0.05) is 10.9 Å². The third-order valence-corrected chi connectivity index (χ3v) is 5.54. The molecule has 0 bridgehead atoms. The molecule has 0 aliphatic heterocycles. The topological polar surface area (TPSA) is 89.1 Å². The van der Waals surface area contributed by atoms with E-state index in [-0.39, 0.29) is 16.9 Å². The molecular weight excluding hydrogens is 485 g/mol. The number of pyridine rings is 1. The molecule has 37 heavy (non-hydrogen) atoms. The van der Waals surface area contributed by atoms with Crippen LogP contribution in [0.1, 0.15) is 10.4 Å². The van der Waals surface area contributed by atoms with Crippen molar-refractivity contribution in [3.05, 3.63) is 90.6 Å². The van der Waals surface area contributed by atoms with Crippen LogP contribution in [0, 0.1) is 0 Å². The van der Waals surface area contributed by atoms with Gasteiger partial charge in [-0.05, 0) is 54.1 Å². The molecule has 3 aromatic carbocycles. The van der Waals surface area contributed by atoms with Crippen molar-refractivity contribution in [2.75, 3.05) is 12.4 Å². The zero-order valence-corrected chi connectivity index (χ0v) is 19.3. The second kappa shape index (κ2) is 9.65. The number of halogens is 3. The van der Waals surface area contributed by atoms with E-state index in [1.54, 1.807) is 25.4 Å². The van der Waals surface area contributed by atoms with Gasteiger partial charge in [0.2, 0.25) is 5.95 Å². The first-order valence-corrected chi connectivity index (χ1v) is 11.1. The average Bonchev–Trinajstić information content (AvgIpc) is 3.36. The number of fused-ring (bicyclic) bond motifs is 1. The molecule has 5 rings (SSSR count). The van der Waals surface area contributed by atoms with Gasteiger partial charge in [0.25, 0.3) is 5.91 Å². The number of ether oxygens (including phenoxy) is 2. The van der Waals surface area contributed by atoms with E-state index in [0.29, 0.717) is 22.7 Å². The molecule has 0 fully saturated rings. The Balaban J connectivity index is 1.51. The van der Waals surface area contributed by atoms with Crippen molar-refractivity contribution in [2.45, 2.75) is 6.36 Å². The molecule has 2 heterocycles. The molecule has 2 aromatic heterocycles. The predicted molar refractivity (Wildman–Crippen MR) is 132 cm³/mol. The number of aromatic amines is 1. The van der Waals surface area contributed by atoms with Crippen molar-refractivity contribution >= 4 is 22.8 Å². The number of benzene rings is 3. The number of hydrogen-bond donors (Lipinski definition) is 2. The summed E-state index contributed by atoms with van der Waals surface area (Å²) in [7, 11) is 1.57. The van der Waals surface area contributed by atoms with Crippen LogP contribution in [-0.2, 0) is 0 Å². The molecule has 0 saturated heterocycles. The highest BCUT2D eigenvalue weighted by Gasteiger charge is 2.31. The number of carbonyl (C=O) groups is 1. The summed E-state index contributed by atoms with van der Waals surface area (Å²) in [5, 5.41) is 2.88. The number of hydrogen-bond acceptors (Lipinski definition) is 5. The third-order valence-electron chi connectivity index (χ3n) is 5.54. The Morgan fingerprint density at radius 1 is 0.919 bits per heavy atom. The van der Waals surface area contributed by atoms with Crippen LogP contribution in [0.5, 0.6) is 11.5 Å². The predicted octanol–water partition coefficient (Wildman–Crippen LogP) is 6.45. The minimum Gasteiger partial charge on any atom is -0.497 e. The minimum absolute atomic E-state index is 0.110. The molecule has 0 unspecified atom stereocenters. The second-order valence-electron chi connectivity index (χ2n) is 7.98. The highest BCUT2D eigenvalue weighted by atomic mass is 19.4. The summed E-state index contributed by atoms with van der Waals surface area (Å²) < 4.78 is 47.7. The minimum atomic E-state index is -4.88. The Kier molecular flexibility index (Phi) is 6.22. The van der Waals surface area contributed by atoms with E-state index < -0.39 is 18.0 Å². The van der Waals surface area contributed by atoms with Crippen molar-refractivity contribution in [1.29, 1.82) is 0 Å². The summed E-state index contributed by atoms with van der Waals surface area (Å²) in [5.41, 5.74) is 3.15. The number of aromatic nitrogens is 3. The van der Waals surface area contributed by atoms with E-state index in [0.717, 1.165) is 23.3 Å². The summed E-state index contributed by atoms with van der Waals surface area (Å²) in [6.07, 6.45) is -3.31. The van der Waals surface area contributed by atoms with Crippen LogP contribution >= 0.6 is 0 Å². The Hall–Kier alpha value is -4.86. The number of rotatable bonds is 6. The number of alkyl halides is 3. The maximum atomic E-state index is 13.4. The number of nitrogens with zero attached hydrogens (tertiary/aromatic N) is 2. The fourth-order valence-corrected chi connectivity index (χ4v) is 3.82. The quantitative estimate of drug-likeness (QED) is 0.277. The van der Waals surface area contributed by atoms with Gasteiger partial charge in [0.15, 0.2) is 0 Å². The van der Waals surface area contributed by atoms with E-state index >= 15 is 0 Å². The van der Waals surface area contributed by atoms with Crippen LogP contribution in [0.4, 0.5) is 19.1 Å². The number of carbonyl (C=O) groups excluding carboxylic acids is 1. The van der Waals surface area contributed by atoms with E-state index in [1.807, 2.05) is 42.5 Å². The Bertz CT molecular complexity index is 1570. The summed E-state index contributed by atoms with van der Waals surface area (Å²) in [6.45, 7) is 0. The van der Waals surface area contributed by atoms with Gasteiger partial charge >= 0.3 is 6.36 Å². The van der Waals surface area contributed by atoms with Crippen LogP contribution in [0.15, 0.2) is 85.1 Å². The number of nitrogens with one attached hydrogen (secondary N) is 2. The summed E-state index contributed by atoms with van der Waals surface area (Å²) in [5.74, 6) is -0.165. The Morgan fingerprint density at radius 3 is 2.35 bits per heavy atom. The SMILES string of the molecule is COc1ccc(-c2cnc(NC(=O)c3cc(-c4ccccc4)nc4ccc(OC(F)(F)F)cc34)[nH]2)cc1. The van der Waals surface area contributed by atoms with Crippen LogP contribution < -0.4 is 14.8 Å². The largest absolute Gasteiger partial charge is 0.573 e. The fraction of sp³-hybridized carbons (Fsp3) is 0.0741. The van der Waals surface area contributed by atoms with E-state index in [9.17, 15) is 18.0 Å². The zero-order chi connectivity index (χ0) is 26.0. The first kappa shape index (κ1) is 23.9. The highest BCUT2D eigenvalue weighted by molar-refractivity contribution is 6.12. The number of amides is 1. The third kappa shape index (κ3) is 5.37. The molecule has 186 valence electrons. The molecule has 7 nitrogen and oxygen atoms in total. The molecule has 2 N–H and O–H groups in total. The van der Waals surface area contributed by atoms with Gasteiger partial charge in [0.1, 0.15) is 11.5 Å². The molecular formula is C27H19F3N4O3. The summed E-state index contributed by atoms with van der Waals surface area (Å²) in [6, 6.07) is 21.6. The van der Waals surface area contributed by atoms with Crippen LogP contribution in [0.25, 0.3) is 33.4 Å². The highest BCUT2D eigenvalue weighted by Crippen LogP contribution is 2.31. The van der Waals surface area contributed by atoms with E-state index in [1.165, 1.54) is 12.1 Å². The average molecular weight is 504 g/mol. The lowest BCUT2D eigenvalue weighted by molar-refractivity contribution is -0.274. The van der Waals surface area contributed by atoms with Crippen molar-refractivity contribution in [1.82, 2.24) is 15.0 Å². The Labute approximate surface area is 208 Å². The van der Waals surface area contributed by atoms with Crippen molar-refractivity contribution in [2.24, 2.45) is 0 Å². The molecule has 0 aliphatic rings. The normalized spacial score (nSPS) is 11.4. The number of methoxy groups -OCH3 is 1. The van der Waals surface area contributed by atoms with E-state index in [4.69, 9.17) is 4.74 Å². The first-order valence-electron chi connectivity index (χ1n) is 11.1. The molecule has 0 saturated carbocycles. The lowest BCUT2D eigenvalue weighted by Gasteiger charge is -2.13. The zero-order valence-electron chi connectivity index (χ0n) is 19.3. The van der Waals surface area contributed by atoms with Gasteiger partial charge in [-0.2, -0.15) is 0 Å². The van der Waals surface area contributed by atoms with Crippen molar-refractivity contribution in [3.8, 4) is 34.0 Å². The maximum absolute atomic E-state index is 13.4. The lowest BCUT2D eigenvalue weighted by atomic mass is 10.0. The van der Waals surface area contributed by atoms with E-state index in [2.05, 4.69) is 25.0 Å². The summed E-state index contributed by atoms with van der Waals surface area (Å²) in [4.78, 5) is 25.2. The standard InChI is InChI=1S/C27H19F3N4O3/c1-36-18-9-7-17(8-10-18)24-15-31-26(33-24)34-25(35)21-14-23(16-5-3-2-4-6-16)32-22-12-11-19(13-20(21)22)37-27(28,29)30/h2-15H,1H3,(H2,31,33,34,35). The number of anilines is 1. The molecule has 0 spiro atoms. The van der Waals surface area contributed by atoms with Gasteiger partial charge in [-0.1, -0.05) is 30.3 Å². The van der Waals surface area contributed by atoms with Crippen LogP contribution in [0.2, 0.25) is 0 Å². The van der Waals surface area contributed by atoms with Gasteiger partial charge in [-0.15, -0.1) is 13.2 Å². The van der Waals surface area contributed by atoms with Crippen LogP contribution in [-0.4, -0.2) is 34.3 Å². The molecule has 5 aromatic rings. The molecule has 1 amide bonds. The molecule has 0 aliphatic carbocycles. The van der Waals surface area contributed by atoms with Gasteiger partial charge in [-0.3, -0.25) is 10.1 Å². The number of H-pyrrole nitrogens is 1. The molecule has 0 radical (unpaired) electrons. The monoisotopic (exact) mass is 504 g/mol. The smallest absolute Gasteiger partial charge is 0.497 e. The van der Waals surface area contributed by atoms with Crippen LogP contribution in [0.3, 0.4) is 0 Å². The van der Waals surface area contributed by atoms with Crippen molar-refractivity contribution < 1.29 is 27.4 Å². The molecule has 0 atom stereocenters. The lowest BCUT2D eigenvalue weighted by Crippen LogP contribution is -2.17.